The first-order valence-corrected chi connectivity index (χ1v) is 7.32. The molecule has 2 aromatic heterocycles. The quantitative estimate of drug-likeness (QED) is 0.808. The average Bonchev–Trinajstić information content (AvgIpc) is 3.03. The maximum Gasteiger partial charge on any atom is 0.212 e. The van der Waals surface area contributed by atoms with E-state index in [1.807, 2.05) is 24.5 Å². The van der Waals surface area contributed by atoms with Gasteiger partial charge in [0.1, 0.15) is 0 Å². The molecule has 3 rings (SSSR count). The molecule has 1 aliphatic carbocycles. The van der Waals surface area contributed by atoms with Gasteiger partial charge >= 0.3 is 0 Å². The lowest BCUT2D eigenvalue weighted by molar-refractivity contribution is -0.00365. The molecule has 1 aliphatic rings. The number of aliphatic hydroxyl groups is 1. The second-order valence-corrected chi connectivity index (χ2v) is 5.64. The lowest BCUT2D eigenvalue weighted by Gasteiger charge is -2.36. The van der Waals surface area contributed by atoms with Crippen LogP contribution in [0.1, 0.15) is 31.2 Å². The van der Waals surface area contributed by atoms with Crippen molar-refractivity contribution >= 4 is 5.69 Å². The summed E-state index contributed by atoms with van der Waals surface area (Å²) in [5.74, 6) is 0.574. The summed E-state index contributed by atoms with van der Waals surface area (Å²) in [6, 6.07) is 6.14. The number of hydrogen-bond donors (Lipinski definition) is 3. The third kappa shape index (κ3) is 3.03. The molecule has 5 heteroatoms. The summed E-state index contributed by atoms with van der Waals surface area (Å²) in [6.07, 6.45) is 8.94. The van der Waals surface area contributed by atoms with E-state index in [9.17, 15) is 5.11 Å². The molecule has 0 spiro atoms. The van der Waals surface area contributed by atoms with Gasteiger partial charge in [0.05, 0.1) is 18.4 Å². The highest BCUT2D eigenvalue weighted by molar-refractivity contribution is 5.41. The molecule has 0 atom stereocenters. The molecule has 0 saturated heterocycles. The summed E-state index contributed by atoms with van der Waals surface area (Å²) in [4.78, 5) is 7.24. The van der Waals surface area contributed by atoms with E-state index in [1.165, 1.54) is 0 Å². The average molecular weight is 287 g/mol. The van der Waals surface area contributed by atoms with Crippen molar-refractivity contribution in [1.82, 2.24) is 9.97 Å². The van der Waals surface area contributed by atoms with Crippen LogP contribution in [0.2, 0.25) is 0 Å². The van der Waals surface area contributed by atoms with Crippen LogP contribution in [0.25, 0.3) is 0 Å². The first-order valence-electron chi connectivity index (χ1n) is 7.32. The maximum absolute atomic E-state index is 10.8. The van der Waals surface area contributed by atoms with Crippen LogP contribution in [0.15, 0.2) is 36.8 Å². The number of pyridine rings is 1. The number of nitrogens with one attached hydrogen (secondary N) is 2. The third-order valence-electron chi connectivity index (χ3n) is 4.26. The first-order chi connectivity index (χ1) is 10.2. The van der Waals surface area contributed by atoms with E-state index in [-0.39, 0.29) is 0 Å². The van der Waals surface area contributed by atoms with E-state index in [0.29, 0.717) is 11.9 Å². The van der Waals surface area contributed by atoms with E-state index in [1.54, 1.807) is 19.4 Å². The number of rotatable bonds is 4. The van der Waals surface area contributed by atoms with Crippen molar-refractivity contribution in [3.8, 4) is 5.88 Å². The van der Waals surface area contributed by atoms with Crippen molar-refractivity contribution in [3.05, 3.63) is 42.4 Å². The molecule has 112 valence electrons. The molecule has 1 saturated carbocycles. The molecule has 5 nitrogen and oxygen atoms in total. The molecule has 2 heterocycles. The molecule has 0 unspecified atom stereocenters. The van der Waals surface area contributed by atoms with E-state index < -0.39 is 5.60 Å². The highest BCUT2D eigenvalue weighted by atomic mass is 16.5. The van der Waals surface area contributed by atoms with Crippen molar-refractivity contribution in [2.45, 2.75) is 37.3 Å². The van der Waals surface area contributed by atoms with E-state index >= 15 is 0 Å². The van der Waals surface area contributed by atoms with Gasteiger partial charge in [-0.2, -0.15) is 0 Å². The van der Waals surface area contributed by atoms with Gasteiger partial charge in [-0.05, 0) is 37.8 Å². The van der Waals surface area contributed by atoms with Crippen LogP contribution >= 0.6 is 0 Å². The van der Waals surface area contributed by atoms with Crippen LogP contribution in [0.3, 0.4) is 0 Å². The minimum absolute atomic E-state index is 0.410. The second kappa shape index (κ2) is 5.77. The van der Waals surface area contributed by atoms with Gasteiger partial charge in [0.15, 0.2) is 0 Å². The van der Waals surface area contributed by atoms with Gasteiger partial charge < -0.3 is 20.1 Å². The normalized spacial score (nSPS) is 25.5. The Morgan fingerprint density at radius 3 is 2.71 bits per heavy atom. The highest BCUT2D eigenvalue weighted by Crippen LogP contribution is 2.37. The van der Waals surface area contributed by atoms with Gasteiger partial charge in [-0.25, -0.2) is 4.98 Å². The topological polar surface area (TPSA) is 70.2 Å². The molecular weight excluding hydrogens is 266 g/mol. The smallest absolute Gasteiger partial charge is 0.212 e. The van der Waals surface area contributed by atoms with Gasteiger partial charge in [-0.3, -0.25) is 0 Å². The summed E-state index contributed by atoms with van der Waals surface area (Å²) in [7, 11) is 1.59. The Kier molecular flexibility index (Phi) is 3.84. The largest absolute Gasteiger partial charge is 0.481 e. The summed E-state index contributed by atoms with van der Waals surface area (Å²) in [5, 5.41) is 14.3. The van der Waals surface area contributed by atoms with Crippen LogP contribution in [-0.4, -0.2) is 28.2 Å². The number of H-pyrrole nitrogens is 1. The summed E-state index contributed by atoms with van der Waals surface area (Å²) >= 11 is 0. The SMILES string of the molecule is COc1ccc(C2(O)CCC(Nc3cc[nH]c3)CC2)cn1. The lowest BCUT2D eigenvalue weighted by atomic mass is 9.78. The Morgan fingerprint density at radius 1 is 1.33 bits per heavy atom. The molecule has 0 bridgehead atoms. The summed E-state index contributed by atoms with van der Waals surface area (Å²) in [6.45, 7) is 0. The van der Waals surface area contributed by atoms with Crippen LogP contribution in [0.5, 0.6) is 5.88 Å². The van der Waals surface area contributed by atoms with Crippen LogP contribution in [0.4, 0.5) is 5.69 Å². The molecule has 0 radical (unpaired) electrons. The molecule has 0 amide bonds. The van der Waals surface area contributed by atoms with Crippen molar-refractivity contribution in [2.24, 2.45) is 0 Å². The van der Waals surface area contributed by atoms with Crippen molar-refractivity contribution in [2.75, 3.05) is 12.4 Å². The number of anilines is 1. The van der Waals surface area contributed by atoms with E-state index in [2.05, 4.69) is 15.3 Å². The van der Waals surface area contributed by atoms with Crippen molar-refractivity contribution in [1.29, 1.82) is 0 Å². The zero-order valence-electron chi connectivity index (χ0n) is 12.2. The zero-order valence-corrected chi connectivity index (χ0v) is 12.2. The standard InChI is InChI=1S/C16H21N3O2/c1-21-15-3-2-12(10-18-15)16(20)7-4-13(5-8-16)19-14-6-9-17-11-14/h2-3,6,9-11,13,17,19-20H,4-5,7-8H2,1H3. The lowest BCUT2D eigenvalue weighted by Crippen LogP contribution is -2.36. The monoisotopic (exact) mass is 287 g/mol. The Labute approximate surface area is 124 Å². The van der Waals surface area contributed by atoms with Crippen LogP contribution in [-0.2, 0) is 5.60 Å². The molecule has 2 aromatic rings. The summed E-state index contributed by atoms with van der Waals surface area (Å²) in [5.41, 5.74) is 1.22. The Bertz CT molecular complexity index is 558. The number of hydrogen-bond acceptors (Lipinski definition) is 4. The van der Waals surface area contributed by atoms with Crippen LogP contribution in [0, 0.1) is 0 Å². The Balaban J connectivity index is 1.62. The predicted octanol–water partition coefficient (Wildman–Crippen LogP) is 2.66. The highest BCUT2D eigenvalue weighted by Gasteiger charge is 2.35. The zero-order chi connectivity index (χ0) is 14.7. The van der Waals surface area contributed by atoms with E-state index in [0.717, 1.165) is 36.9 Å². The predicted molar refractivity (Wildman–Crippen MR) is 81.4 cm³/mol. The third-order valence-corrected chi connectivity index (χ3v) is 4.26. The fraction of sp³-hybridized carbons (Fsp3) is 0.438. The van der Waals surface area contributed by atoms with Crippen molar-refractivity contribution < 1.29 is 9.84 Å². The van der Waals surface area contributed by atoms with E-state index in [4.69, 9.17) is 4.74 Å². The van der Waals surface area contributed by atoms with Gasteiger partial charge in [-0.1, -0.05) is 0 Å². The van der Waals surface area contributed by atoms with Gasteiger partial charge in [0, 0.05) is 36.3 Å². The molecule has 21 heavy (non-hydrogen) atoms. The molecule has 1 fully saturated rings. The Morgan fingerprint density at radius 2 is 2.14 bits per heavy atom. The summed E-state index contributed by atoms with van der Waals surface area (Å²) < 4.78 is 5.06. The number of ether oxygens (including phenoxy) is 1. The van der Waals surface area contributed by atoms with Gasteiger partial charge in [-0.15, -0.1) is 0 Å². The molecule has 0 aliphatic heterocycles. The van der Waals surface area contributed by atoms with Crippen molar-refractivity contribution in [3.63, 3.8) is 0 Å². The molecule has 3 N–H and O–H groups in total. The number of methoxy groups -OCH3 is 1. The van der Waals surface area contributed by atoms with Gasteiger partial charge in [0.2, 0.25) is 5.88 Å². The first kappa shape index (κ1) is 13.9. The minimum atomic E-state index is -0.768. The second-order valence-electron chi connectivity index (χ2n) is 5.64. The number of aromatic nitrogens is 2. The molecular formula is C16H21N3O2. The fourth-order valence-electron chi connectivity index (χ4n) is 2.95. The van der Waals surface area contributed by atoms with Crippen LogP contribution < -0.4 is 10.1 Å². The number of aromatic amines is 1. The number of nitrogens with zero attached hydrogens (tertiary/aromatic N) is 1. The maximum atomic E-state index is 10.8. The molecule has 0 aromatic carbocycles. The minimum Gasteiger partial charge on any atom is -0.481 e. The van der Waals surface area contributed by atoms with Gasteiger partial charge in [0.25, 0.3) is 0 Å². The Hall–Kier alpha value is -2.01. The fourth-order valence-corrected chi connectivity index (χ4v) is 2.95.